The van der Waals surface area contributed by atoms with E-state index in [2.05, 4.69) is 25.8 Å². The number of carbonyl (C=O) groups is 1. The van der Waals surface area contributed by atoms with Crippen LogP contribution in [0, 0.1) is 12.3 Å². The fourth-order valence-corrected chi connectivity index (χ4v) is 3.88. The van der Waals surface area contributed by atoms with E-state index in [4.69, 9.17) is 6.42 Å². The SMILES string of the molecule is C#CCNS(=O)(=O)c1ccc(C(=O)NCc2ccc(N3CCCC3)nc2)cc1. The lowest BCUT2D eigenvalue weighted by Crippen LogP contribution is -2.25. The third kappa shape index (κ3) is 4.88. The van der Waals surface area contributed by atoms with Gasteiger partial charge in [-0.1, -0.05) is 12.0 Å². The summed E-state index contributed by atoms with van der Waals surface area (Å²) in [7, 11) is -3.67. The maximum Gasteiger partial charge on any atom is 0.251 e. The van der Waals surface area contributed by atoms with Gasteiger partial charge in [-0.15, -0.1) is 6.42 Å². The van der Waals surface area contributed by atoms with Crippen LogP contribution in [0.5, 0.6) is 0 Å². The Morgan fingerprint density at radius 3 is 2.46 bits per heavy atom. The predicted molar refractivity (Wildman–Crippen MR) is 107 cm³/mol. The van der Waals surface area contributed by atoms with E-state index in [1.54, 1.807) is 6.20 Å². The first kappa shape index (κ1) is 19.9. The fraction of sp³-hybridized carbons (Fsp3) is 0.300. The number of rotatable bonds is 7. The molecule has 0 unspecified atom stereocenters. The standard InChI is InChI=1S/C20H22N4O3S/c1-2-11-23-28(26,27)18-8-6-17(7-9-18)20(25)22-15-16-5-10-19(21-14-16)24-12-3-4-13-24/h1,5-10,14,23H,3-4,11-13,15H2,(H,22,25). The molecule has 1 aromatic carbocycles. The van der Waals surface area contributed by atoms with E-state index < -0.39 is 10.0 Å². The number of aromatic nitrogens is 1. The molecule has 8 heteroatoms. The molecule has 0 aliphatic carbocycles. The van der Waals surface area contributed by atoms with Crippen molar-refractivity contribution < 1.29 is 13.2 Å². The van der Waals surface area contributed by atoms with Gasteiger partial charge in [-0.2, -0.15) is 4.72 Å². The van der Waals surface area contributed by atoms with Crippen molar-refractivity contribution in [3.8, 4) is 12.3 Å². The molecular weight excluding hydrogens is 376 g/mol. The molecule has 28 heavy (non-hydrogen) atoms. The summed E-state index contributed by atoms with van der Waals surface area (Å²) in [6.45, 7) is 2.32. The first-order valence-corrected chi connectivity index (χ1v) is 10.5. The van der Waals surface area contributed by atoms with Crippen LogP contribution in [-0.4, -0.2) is 38.9 Å². The quantitative estimate of drug-likeness (QED) is 0.690. The van der Waals surface area contributed by atoms with Crippen LogP contribution in [-0.2, 0) is 16.6 Å². The number of terminal acetylenes is 1. The Balaban J connectivity index is 1.57. The molecule has 1 saturated heterocycles. The Bertz CT molecular complexity index is 958. The Morgan fingerprint density at radius 1 is 1.14 bits per heavy atom. The Kier molecular flexibility index (Phi) is 6.29. The molecule has 0 bridgehead atoms. The Morgan fingerprint density at radius 2 is 1.86 bits per heavy atom. The maximum absolute atomic E-state index is 12.3. The van der Waals surface area contributed by atoms with Gasteiger partial charge in [0.25, 0.3) is 5.91 Å². The van der Waals surface area contributed by atoms with Crippen LogP contribution in [0.1, 0.15) is 28.8 Å². The number of hydrogen-bond acceptors (Lipinski definition) is 5. The molecule has 7 nitrogen and oxygen atoms in total. The summed E-state index contributed by atoms with van der Waals surface area (Å²) in [5, 5.41) is 2.81. The highest BCUT2D eigenvalue weighted by Gasteiger charge is 2.15. The molecule has 2 heterocycles. The van der Waals surface area contributed by atoms with Crippen LogP contribution in [0.2, 0.25) is 0 Å². The summed E-state index contributed by atoms with van der Waals surface area (Å²) in [6, 6.07) is 9.60. The van der Waals surface area contributed by atoms with Gasteiger partial charge in [0, 0.05) is 31.4 Å². The molecule has 146 valence electrons. The van der Waals surface area contributed by atoms with Crippen LogP contribution in [0.25, 0.3) is 0 Å². The summed E-state index contributed by atoms with van der Waals surface area (Å²) in [4.78, 5) is 19.1. The molecule has 2 aromatic rings. The molecule has 0 atom stereocenters. The first-order valence-electron chi connectivity index (χ1n) is 9.01. The van der Waals surface area contributed by atoms with Crippen molar-refractivity contribution >= 4 is 21.7 Å². The normalized spacial score (nSPS) is 13.9. The van der Waals surface area contributed by atoms with E-state index in [1.807, 2.05) is 12.1 Å². The number of amides is 1. The minimum absolute atomic E-state index is 0.0565. The second-order valence-electron chi connectivity index (χ2n) is 6.45. The molecule has 1 aliphatic heterocycles. The second kappa shape index (κ2) is 8.87. The topological polar surface area (TPSA) is 91.4 Å². The number of anilines is 1. The lowest BCUT2D eigenvalue weighted by molar-refractivity contribution is 0.0951. The molecule has 3 rings (SSSR count). The molecule has 1 aromatic heterocycles. The van der Waals surface area contributed by atoms with Gasteiger partial charge >= 0.3 is 0 Å². The van der Waals surface area contributed by atoms with E-state index in [1.165, 1.54) is 37.1 Å². The molecule has 1 aliphatic rings. The average molecular weight is 398 g/mol. The summed E-state index contributed by atoms with van der Waals surface area (Å²) >= 11 is 0. The van der Waals surface area contributed by atoms with Crippen molar-refractivity contribution in [3.05, 3.63) is 53.7 Å². The minimum Gasteiger partial charge on any atom is -0.357 e. The van der Waals surface area contributed by atoms with Gasteiger partial charge in [0.2, 0.25) is 10.0 Å². The van der Waals surface area contributed by atoms with Crippen molar-refractivity contribution in [2.24, 2.45) is 0 Å². The highest BCUT2D eigenvalue weighted by Crippen LogP contribution is 2.17. The van der Waals surface area contributed by atoms with Crippen molar-refractivity contribution in [2.75, 3.05) is 24.5 Å². The van der Waals surface area contributed by atoms with E-state index in [9.17, 15) is 13.2 Å². The third-order valence-corrected chi connectivity index (χ3v) is 5.90. The third-order valence-electron chi connectivity index (χ3n) is 4.48. The van der Waals surface area contributed by atoms with E-state index in [-0.39, 0.29) is 17.3 Å². The molecule has 0 radical (unpaired) electrons. The zero-order valence-corrected chi connectivity index (χ0v) is 16.2. The molecule has 1 amide bonds. The van der Waals surface area contributed by atoms with Crippen molar-refractivity contribution in [1.29, 1.82) is 0 Å². The van der Waals surface area contributed by atoms with Crippen molar-refractivity contribution in [2.45, 2.75) is 24.3 Å². The monoisotopic (exact) mass is 398 g/mol. The van der Waals surface area contributed by atoms with Crippen LogP contribution in [0.3, 0.4) is 0 Å². The van der Waals surface area contributed by atoms with Crippen molar-refractivity contribution in [1.82, 2.24) is 15.0 Å². The van der Waals surface area contributed by atoms with Gasteiger partial charge in [0.05, 0.1) is 11.4 Å². The van der Waals surface area contributed by atoms with Crippen LogP contribution in [0.4, 0.5) is 5.82 Å². The van der Waals surface area contributed by atoms with Gasteiger partial charge in [-0.05, 0) is 48.7 Å². The maximum atomic E-state index is 12.3. The molecule has 2 N–H and O–H groups in total. The van der Waals surface area contributed by atoms with Gasteiger partial charge in [-0.3, -0.25) is 4.79 Å². The van der Waals surface area contributed by atoms with Gasteiger partial charge in [0.15, 0.2) is 0 Å². The van der Waals surface area contributed by atoms with Crippen LogP contribution in [0.15, 0.2) is 47.5 Å². The number of nitrogens with one attached hydrogen (secondary N) is 2. The summed E-state index contributed by atoms with van der Waals surface area (Å²) in [6.07, 6.45) is 9.21. The lowest BCUT2D eigenvalue weighted by Gasteiger charge is -2.16. The summed E-state index contributed by atoms with van der Waals surface area (Å²) in [5.41, 5.74) is 1.27. The largest absolute Gasteiger partial charge is 0.357 e. The number of carbonyl (C=O) groups excluding carboxylic acids is 1. The number of hydrogen-bond donors (Lipinski definition) is 2. The van der Waals surface area contributed by atoms with E-state index in [0.29, 0.717) is 12.1 Å². The van der Waals surface area contributed by atoms with Gasteiger partial charge < -0.3 is 10.2 Å². The Labute approximate surface area is 165 Å². The molecule has 0 spiro atoms. The van der Waals surface area contributed by atoms with E-state index in [0.717, 1.165) is 24.5 Å². The van der Waals surface area contributed by atoms with E-state index >= 15 is 0 Å². The minimum atomic E-state index is -3.67. The van der Waals surface area contributed by atoms with Crippen LogP contribution < -0.4 is 14.9 Å². The van der Waals surface area contributed by atoms with Crippen LogP contribution >= 0.6 is 0 Å². The predicted octanol–water partition coefficient (Wildman–Crippen LogP) is 1.52. The fourth-order valence-electron chi connectivity index (χ4n) is 2.94. The average Bonchev–Trinajstić information content (AvgIpc) is 3.26. The number of nitrogens with zero attached hydrogens (tertiary/aromatic N) is 2. The first-order chi connectivity index (χ1) is 13.5. The summed E-state index contributed by atoms with van der Waals surface area (Å²) in [5.74, 6) is 2.89. The molecular formula is C20H22N4O3S. The van der Waals surface area contributed by atoms with Gasteiger partial charge in [0.1, 0.15) is 5.82 Å². The van der Waals surface area contributed by atoms with Crippen molar-refractivity contribution in [3.63, 3.8) is 0 Å². The molecule has 0 saturated carbocycles. The highest BCUT2D eigenvalue weighted by molar-refractivity contribution is 7.89. The molecule has 1 fully saturated rings. The lowest BCUT2D eigenvalue weighted by atomic mass is 10.2. The smallest absolute Gasteiger partial charge is 0.251 e. The Hall–Kier alpha value is -2.89. The number of benzene rings is 1. The number of pyridine rings is 1. The number of sulfonamides is 1. The van der Waals surface area contributed by atoms with Gasteiger partial charge in [-0.25, -0.2) is 13.4 Å². The zero-order chi connectivity index (χ0) is 20.0. The highest BCUT2D eigenvalue weighted by atomic mass is 32.2. The summed E-state index contributed by atoms with van der Waals surface area (Å²) < 4.78 is 26.2. The zero-order valence-electron chi connectivity index (χ0n) is 15.4. The second-order valence-corrected chi connectivity index (χ2v) is 8.22.